The van der Waals surface area contributed by atoms with Crippen molar-refractivity contribution in [2.24, 2.45) is 5.92 Å². The van der Waals surface area contributed by atoms with Crippen LogP contribution in [0.4, 0.5) is 0 Å². The molecule has 2 aliphatic rings. The minimum absolute atomic E-state index is 0.0492. The minimum atomic E-state index is 0.0492. The van der Waals surface area contributed by atoms with Crippen LogP contribution >= 0.6 is 0 Å². The molecule has 0 N–H and O–H groups in total. The summed E-state index contributed by atoms with van der Waals surface area (Å²) in [5, 5.41) is 8.90. The largest absolute Gasteiger partial charge is 0.336 e. The monoisotopic (exact) mass is 269 g/mol. The van der Waals surface area contributed by atoms with Gasteiger partial charge in [0.25, 0.3) is 5.91 Å². The van der Waals surface area contributed by atoms with Crippen molar-refractivity contribution in [3.05, 3.63) is 35.4 Å². The molecule has 1 aromatic rings. The smallest absolute Gasteiger partial charge is 0.253 e. The second kappa shape index (κ2) is 5.64. The highest BCUT2D eigenvalue weighted by Gasteiger charge is 2.27. The van der Waals surface area contributed by atoms with Gasteiger partial charge in [-0.15, -0.1) is 0 Å². The van der Waals surface area contributed by atoms with E-state index in [0.717, 1.165) is 32.1 Å². The lowest BCUT2D eigenvalue weighted by Crippen LogP contribution is -2.49. The maximum absolute atomic E-state index is 12.4. The summed E-state index contributed by atoms with van der Waals surface area (Å²) in [4.78, 5) is 16.8. The molecule has 4 heteroatoms. The number of rotatable bonds is 3. The van der Waals surface area contributed by atoms with E-state index in [1.165, 1.54) is 19.4 Å². The lowest BCUT2D eigenvalue weighted by atomic mass is 10.1. The average molecular weight is 269 g/mol. The predicted molar refractivity (Wildman–Crippen MR) is 76.2 cm³/mol. The summed E-state index contributed by atoms with van der Waals surface area (Å²) in [6, 6.07) is 9.05. The van der Waals surface area contributed by atoms with Crippen LogP contribution < -0.4 is 0 Å². The number of nitriles is 1. The summed E-state index contributed by atoms with van der Waals surface area (Å²) < 4.78 is 0. The molecule has 1 aliphatic heterocycles. The molecule has 0 aromatic heterocycles. The van der Waals surface area contributed by atoms with E-state index in [4.69, 9.17) is 5.26 Å². The van der Waals surface area contributed by atoms with Gasteiger partial charge in [-0.3, -0.25) is 9.69 Å². The van der Waals surface area contributed by atoms with E-state index in [9.17, 15) is 4.79 Å². The first kappa shape index (κ1) is 13.1. The molecule has 1 heterocycles. The molecule has 20 heavy (non-hydrogen) atoms. The fourth-order valence-corrected chi connectivity index (χ4v) is 2.70. The number of carbonyl (C=O) groups is 1. The minimum Gasteiger partial charge on any atom is -0.336 e. The van der Waals surface area contributed by atoms with Gasteiger partial charge in [0.05, 0.1) is 11.6 Å². The van der Waals surface area contributed by atoms with Crippen molar-refractivity contribution >= 4 is 5.91 Å². The summed E-state index contributed by atoms with van der Waals surface area (Å²) in [7, 11) is 0. The molecule has 104 valence electrons. The van der Waals surface area contributed by atoms with Gasteiger partial charge in [0.15, 0.2) is 0 Å². The van der Waals surface area contributed by atoms with Gasteiger partial charge >= 0.3 is 0 Å². The van der Waals surface area contributed by atoms with Crippen LogP contribution in [0.1, 0.15) is 28.8 Å². The zero-order valence-corrected chi connectivity index (χ0v) is 11.6. The van der Waals surface area contributed by atoms with Gasteiger partial charge in [-0.05, 0) is 37.0 Å². The predicted octanol–water partition coefficient (Wildman–Crippen LogP) is 1.73. The van der Waals surface area contributed by atoms with Crippen molar-refractivity contribution in [3.8, 4) is 6.07 Å². The van der Waals surface area contributed by atoms with Crippen LogP contribution in [0, 0.1) is 17.2 Å². The Morgan fingerprint density at radius 2 is 2.00 bits per heavy atom. The van der Waals surface area contributed by atoms with E-state index >= 15 is 0 Å². The molecule has 1 aliphatic carbocycles. The third-order valence-corrected chi connectivity index (χ3v) is 4.11. The molecule has 2 fully saturated rings. The van der Waals surface area contributed by atoms with E-state index < -0.39 is 0 Å². The topological polar surface area (TPSA) is 47.3 Å². The Morgan fingerprint density at radius 1 is 1.25 bits per heavy atom. The SMILES string of the molecule is N#Cc1cccc(C(=O)N2CCN(CC3CC3)CC2)c1. The van der Waals surface area contributed by atoms with Crippen LogP contribution in [-0.2, 0) is 0 Å². The van der Waals surface area contributed by atoms with E-state index in [2.05, 4.69) is 11.0 Å². The Kier molecular flexibility index (Phi) is 3.70. The van der Waals surface area contributed by atoms with E-state index in [0.29, 0.717) is 11.1 Å². The number of hydrogen-bond donors (Lipinski definition) is 0. The molecule has 1 saturated carbocycles. The first-order valence-corrected chi connectivity index (χ1v) is 7.28. The third kappa shape index (κ3) is 3.00. The Labute approximate surface area is 119 Å². The van der Waals surface area contributed by atoms with Crippen LogP contribution in [0.25, 0.3) is 0 Å². The summed E-state index contributed by atoms with van der Waals surface area (Å²) in [6.45, 7) is 4.73. The number of carbonyl (C=O) groups excluding carboxylic acids is 1. The second-order valence-corrected chi connectivity index (χ2v) is 5.73. The van der Waals surface area contributed by atoms with E-state index in [1.807, 2.05) is 4.90 Å². The van der Waals surface area contributed by atoms with E-state index in [1.54, 1.807) is 24.3 Å². The van der Waals surface area contributed by atoms with Crippen LogP contribution in [0.15, 0.2) is 24.3 Å². The third-order valence-electron chi connectivity index (χ3n) is 4.11. The summed E-state index contributed by atoms with van der Waals surface area (Å²) in [5.41, 5.74) is 1.17. The molecule has 1 aromatic carbocycles. The highest BCUT2D eigenvalue weighted by Crippen LogP contribution is 2.29. The molecule has 0 radical (unpaired) electrons. The molecule has 3 rings (SSSR count). The van der Waals surface area contributed by atoms with Gasteiger partial charge in [-0.1, -0.05) is 6.07 Å². The zero-order valence-electron chi connectivity index (χ0n) is 11.6. The fourth-order valence-electron chi connectivity index (χ4n) is 2.70. The normalized spacial score (nSPS) is 19.6. The van der Waals surface area contributed by atoms with Gasteiger partial charge in [-0.25, -0.2) is 0 Å². The molecule has 4 nitrogen and oxygen atoms in total. The number of piperazine rings is 1. The standard InChI is InChI=1S/C16H19N3O/c17-11-14-2-1-3-15(10-14)16(20)19-8-6-18(7-9-19)12-13-4-5-13/h1-3,10,13H,4-9,12H2. The molecule has 0 spiro atoms. The molecule has 0 bridgehead atoms. The average Bonchev–Trinajstić information content (AvgIpc) is 3.31. The molecule has 1 amide bonds. The summed E-state index contributed by atoms with van der Waals surface area (Å²) in [5.74, 6) is 0.956. The Morgan fingerprint density at radius 3 is 2.65 bits per heavy atom. The molecular formula is C16H19N3O. The van der Waals surface area contributed by atoms with Crippen LogP contribution in [-0.4, -0.2) is 48.4 Å². The maximum Gasteiger partial charge on any atom is 0.253 e. The highest BCUT2D eigenvalue weighted by atomic mass is 16.2. The van der Waals surface area contributed by atoms with Gasteiger partial charge in [-0.2, -0.15) is 5.26 Å². The Hall–Kier alpha value is -1.86. The van der Waals surface area contributed by atoms with Crippen molar-refractivity contribution in [1.29, 1.82) is 5.26 Å². The zero-order chi connectivity index (χ0) is 13.9. The number of amides is 1. The van der Waals surface area contributed by atoms with Crippen molar-refractivity contribution in [1.82, 2.24) is 9.80 Å². The van der Waals surface area contributed by atoms with Crippen molar-refractivity contribution < 1.29 is 4.79 Å². The fraction of sp³-hybridized carbons (Fsp3) is 0.500. The summed E-state index contributed by atoms with van der Waals surface area (Å²) in [6.07, 6.45) is 2.75. The molecule has 1 saturated heterocycles. The van der Waals surface area contributed by atoms with Crippen LogP contribution in [0.2, 0.25) is 0 Å². The second-order valence-electron chi connectivity index (χ2n) is 5.73. The van der Waals surface area contributed by atoms with Crippen molar-refractivity contribution in [2.75, 3.05) is 32.7 Å². The lowest BCUT2D eigenvalue weighted by Gasteiger charge is -2.34. The summed E-state index contributed by atoms with van der Waals surface area (Å²) >= 11 is 0. The lowest BCUT2D eigenvalue weighted by molar-refractivity contribution is 0.0632. The molecule has 0 unspecified atom stereocenters. The van der Waals surface area contributed by atoms with Gasteiger partial charge < -0.3 is 4.90 Å². The van der Waals surface area contributed by atoms with Crippen molar-refractivity contribution in [3.63, 3.8) is 0 Å². The van der Waals surface area contributed by atoms with Crippen molar-refractivity contribution in [2.45, 2.75) is 12.8 Å². The first-order chi connectivity index (χ1) is 9.76. The molecule has 0 atom stereocenters. The van der Waals surface area contributed by atoms with E-state index in [-0.39, 0.29) is 5.91 Å². The van der Waals surface area contributed by atoms with Crippen LogP contribution in [0.3, 0.4) is 0 Å². The Bertz CT molecular complexity index is 537. The van der Waals surface area contributed by atoms with Gasteiger partial charge in [0.1, 0.15) is 0 Å². The van der Waals surface area contributed by atoms with Crippen LogP contribution in [0.5, 0.6) is 0 Å². The van der Waals surface area contributed by atoms with Gasteiger partial charge in [0, 0.05) is 38.3 Å². The maximum atomic E-state index is 12.4. The first-order valence-electron chi connectivity index (χ1n) is 7.28. The highest BCUT2D eigenvalue weighted by molar-refractivity contribution is 5.94. The quantitative estimate of drug-likeness (QED) is 0.839. The number of benzene rings is 1. The number of hydrogen-bond acceptors (Lipinski definition) is 3. The molecular weight excluding hydrogens is 250 g/mol. The number of nitrogens with zero attached hydrogens (tertiary/aromatic N) is 3. The Balaban J connectivity index is 1.59. The van der Waals surface area contributed by atoms with Gasteiger partial charge in [0.2, 0.25) is 0 Å².